The van der Waals surface area contributed by atoms with E-state index in [2.05, 4.69) is 5.92 Å². The third-order valence-corrected chi connectivity index (χ3v) is 3.54. The minimum atomic E-state index is -0.559. The molecule has 2 rings (SSSR count). The molecule has 1 aliphatic heterocycles. The van der Waals surface area contributed by atoms with Gasteiger partial charge in [0.1, 0.15) is 0 Å². The summed E-state index contributed by atoms with van der Waals surface area (Å²) in [5.74, 6) is 2.74. The molecule has 1 amide bonds. The molecule has 0 aromatic heterocycles. The van der Waals surface area contributed by atoms with E-state index in [0.717, 1.165) is 24.2 Å². The second-order valence-corrected chi connectivity index (χ2v) is 5.17. The standard InChI is InChI=1S/C16H20N2O2/c1-3-13-6-4-7-14(10-13)17(2)11-15(19)12-18-9-5-8-16(18)20/h1,4,6-7,10,15,19H,5,8-9,11-12H2,2H3. The highest BCUT2D eigenvalue weighted by Gasteiger charge is 2.23. The van der Waals surface area contributed by atoms with Gasteiger partial charge in [-0.3, -0.25) is 4.79 Å². The van der Waals surface area contributed by atoms with Gasteiger partial charge in [0.05, 0.1) is 6.10 Å². The van der Waals surface area contributed by atoms with Crippen LogP contribution in [0.4, 0.5) is 5.69 Å². The van der Waals surface area contributed by atoms with Gasteiger partial charge in [0.15, 0.2) is 0 Å². The number of carbonyl (C=O) groups is 1. The van der Waals surface area contributed by atoms with Gasteiger partial charge in [-0.1, -0.05) is 12.0 Å². The van der Waals surface area contributed by atoms with Gasteiger partial charge >= 0.3 is 0 Å². The summed E-state index contributed by atoms with van der Waals surface area (Å²) in [6, 6.07) is 7.64. The molecule has 4 nitrogen and oxygen atoms in total. The van der Waals surface area contributed by atoms with E-state index in [-0.39, 0.29) is 5.91 Å². The SMILES string of the molecule is C#Cc1cccc(N(C)CC(O)CN2CCCC2=O)c1. The van der Waals surface area contributed by atoms with Crippen molar-refractivity contribution in [1.29, 1.82) is 0 Å². The Kier molecular flexibility index (Phi) is 4.65. The van der Waals surface area contributed by atoms with Crippen LogP contribution in [-0.2, 0) is 4.79 Å². The Balaban J connectivity index is 1.91. The van der Waals surface area contributed by atoms with E-state index < -0.39 is 6.10 Å². The van der Waals surface area contributed by atoms with E-state index in [1.54, 1.807) is 4.90 Å². The fourth-order valence-corrected chi connectivity index (χ4v) is 2.46. The van der Waals surface area contributed by atoms with E-state index in [1.165, 1.54) is 0 Å². The number of likely N-dealkylation sites (tertiary alicyclic amines) is 1. The normalized spacial score (nSPS) is 16.1. The van der Waals surface area contributed by atoms with Crippen LogP contribution in [0.1, 0.15) is 18.4 Å². The highest BCUT2D eigenvalue weighted by atomic mass is 16.3. The largest absolute Gasteiger partial charge is 0.389 e. The molecule has 1 heterocycles. The number of likely N-dealkylation sites (N-methyl/N-ethyl adjacent to an activating group) is 1. The van der Waals surface area contributed by atoms with Crippen LogP contribution < -0.4 is 4.90 Å². The summed E-state index contributed by atoms with van der Waals surface area (Å²) in [6.07, 6.45) is 6.32. The summed E-state index contributed by atoms with van der Waals surface area (Å²) < 4.78 is 0. The fourth-order valence-electron chi connectivity index (χ4n) is 2.46. The topological polar surface area (TPSA) is 43.8 Å². The van der Waals surface area contributed by atoms with Crippen LogP contribution in [0.2, 0.25) is 0 Å². The van der Waals surface area contributed by atoms with Crippen LogP contribution in [0.25, 0.3) is 0 Å². The van der Waals surface area contributed by atoms with Crippen molar-refractivity contribution in [3.8, 4) is 12.3 Å². The minimum absolute atomic E-state index is 0.140. The number of anilines is 1. The molecule has 1 aromatic carbocycles. The van der Waals surface area contributed by atoms with E-state index in [1.807, 2.05) is 36.2 Å². The smallest absolute Gasteiger partial charge is 0.222 e. The number of hydrogen-bond donors (Lipinski definition) is 1. The number of terminal acetylenes is 1. The van der Waals surface area contributed by atoms with E-state index in [9.17, 15) is 9.90 Å². The molecule has 1 aliphatic rings. The number of rotatable bonds is 5. The average molecular weight is 272 g/mol. The quantitative estimate of drug-likeness (QED) is 0.816. The van der Waals surface area contributed by atoms with Gasteiger partial charge in [-0.15, -0.1) is 6.42 Å². The second kappa shape index (κ2) is 6.44. The molecule has 4 heteroatoms. The fraction of sp³-hybridized carbons (Fsp3) is 0.438. The molecule has 1 atom stereocenters. The number of amides is 1. The minimum Gasteiger partial charge on any atom is -0.389 e. The Morgan fingerprint density at radius 1 is 1.55 bits per heavy atom. The van der Waals surface area contributed by atoms with Crippen molar-refractivity contribution in [2.24, 2.45) is 0 Å². The van der Waals surface area contributed by atoms with Crippen LogP contribution in [0, 0.1) is 12.3 Å². The van der Waals surface area contributed by atoms with Gasteiger partial charge in [-0.25, -0.2) is 0 Å². The zero-order valence-corrected chi connectivity index (χ0v) is 11.7. The Hall–Kier alpha value is -1.99. The van der Waals surface area contributed by atoms with Crippen molar-refractivity contribution in [3.63, 3.8) is 0 Å². The zero-order chi connectivity index (χ0) is 14.5. The van der Waals surface area contributed by atoms with Crippen molar-refractivity contribution < 1.29 is 9.90 Å². The first-order valence-corrected chi connectivity index (χ1v) is 6.84. The van der Waals surface area contributed by atoms with Crippen LogP contribution in [-0.4, -0.2) is 48.7 Å². The highest BCUT2D eigenvalue weighted by Crippen LogP contribution is 2.15. The number of aliphatic hydroxyl groups is 1. The van der Waals surface area contributed by atoms with Crippen LogP contribution in [0.15, 0.2) is 24.3 Å². The molecule has 1 fully saturated rings. The number of nitrogens with zero attached hydrogens (tertiary/aromatic N) is 2. The molecule has 0 saturated carbocycles. The molecular formula is C16H20N2O2. The summed E-state index contributed by atoms with van der Waals surface area (Å²) in [6.45, 7) is 1.63. The first-order chi connectivity index (χ1) is 9.60. The lowest BCUT2D eigenvalue weighted by atomic mass is 10.2. The average Bonchev–Trinajstić information content (AvgIpc) is 2.84. The first-order valence-electron chi connectivity index (χ1n) is 6.84. The number of aliphatic hydroxyl groups excluding tert-OH is 1. The second-order valence-electron chi connectivity index (χ2n) is 5.17. The van der Waals surface area contributed by atoms with Crippen LogP contribution >= 0.6 is 0 Å². The van der Waals surface area contributed by atoms with Gasteiger partial charge in [0.2, 0.25) is 5.91 Å². The molecule has 106 valence electrons. The van der Waals surface area contributed by atoms with Crippen molar-refractivity contribution in [1.82, 2.24) is 4.90 Å². The number of carbonyl (C=O) groups excluding carboxylic acids is 1. The van der Waals surface area contributed by atoms with Crippen LogP contribution in [0.5, 0.6) is 0 Å². The van der Waals surface area contributed by atoms with E-state index in [0.29, 0.717) is 19.5 Å². The van der Waals surface area contributed by atoms with Crippen molar-refractivity contribution in [2.75, 3.05) is 31.6 Å². The molecule has 0 aliphatic carbocycles. The third kappa shape index (κ3) is 3.52. The van der Waals surface area contributed by atoms with Gasteiger partial charge in [0.25, 0.3) is 0 Å². The van der Waals surface area contributed by atoms with Crippen molar-refractivity contribution in [2.45, 2.75) is 18.9 Å². The highest BCUT2D eigenvalue weighted by molar-refractivity contribution is 5.78. The predicted octanol–water partition coefficient (Wildman–Crippen LogP) is 1.09. The van der Waals surface area contributed by atoms with Crippen molar-refractivity contribution in [3.05, 3.63) is 29.8 Å². The Morgan fingerprint density at radius 2 is 2.35 bits per heavy atom. The predicted molar refractivity (Wildman–Crippen MR) is 79.5 cm³/mol. The van der Waals surface area contributed by atoms with Gasteiger partial charge < -0.3 is 14.9 Å². The summed E-state index contributed by atoms with van der Waals surface area (Å²) in [4.78, 5) is 15.2. The van der Waals surface area contributed by atoms with Gasteiger partial charge in [-0.05, 0) is 24.6 Å². The molecule has 1 saturated heterocycles. The lowest BCUT2D eigenvalue weighted by Gasteiger charge is -2.26. The van der Waals surface area contributed by atoms with Gasteiger partial charge in [0, 0.05) is 44.4 Å². The summed E-state index contributed by atoms with van der Waals surface area (Å²) in [5, 5.41) is 10.1. The lowest BCUT2D eigenvalue weighted by molar-refractivity contribution is -0.128. The Morgan fingerprint density at radius 3 is 3.00 bits per heavy atom. The number of benzene rings is 1. The number of β-amino-alcohol motifs (C(OH)–C–C–N with tert-alkyl or cyclic N) is 1. The zero-order valence-electron chi connectivity index (χ0n) is 11.7. The summed E-state index contributed by atoms with van der Waals surface area (Å²) in [7, 11) is 1.91. The molecule has 0 bridgehead atoms. The lowest BCUT2D eigenvalue weighted by Crippen LogP contribution is -2.39. The molecule has 1 aromatic rings. The molecular weight excluding hydrogens is 252 g/mol. The maximum Gasteiger partial charge on any atom is 0.222 e. The maximum absolute atomic E-state index is 11.5. The molecule has 0 spiro atoms. The van der Waals surface area contributed by atoms with Crippen LogP contribution in [0.3, 0.4) is 0 Å². The Bertz CT molecular complexity index is 521. The molecule has 1 unspecified atom stereocenters. The monoisotopic (exact) mass is 272 g/mol. The molecule has 20 heavy (non-hydrogen) atoms. The third-order valence-electron chi connectivity index (χ3n) is 3.54. The summed E-state index contributed by atoms with van der Waals surface area (Å²) >= 11 is 0. The van der Waals surface area contributed by atoms with Gasteiger partial charge in [-0.2, -0.15) is 0 Å². The maximum atomic E-state index is 11.5. The Labute approximate surface area is 120 Å². The first kappa shape index (κ1) is 14.4. The molecule has 0 radical (unpaired) electrons. The van der Waals surface area contributed by atoms with E-state index in [4.69, 9.17) is 6.42 Å². The molecule has 1 N–H and O–H groups in total. The number of hydrogen-bond acceptors (Lipinski definition) is 3. The van der Waals surface area contributed by atoms with E-state index >= 15 is 0 Å². The van der Waals surface area contributed by atoms with Crippen molar-refractivity contribution >= 4 is 11.6 Å². The summed E-state index contributed by atoms with van der Waals surface area (Å²) in [5.41, 5.74) is 1.78.